The van der Waals surface area contributed by atoms with E-state index in [1.165, 1.54) is 12.1 Å². The van der Waals surface area contributed by atoms with Crippen LogP contribution in [0.3, 0.4) is 0 Å². The first-order valence-electron chi connectivity index (χ1n) is 9.69. The summed E-state index contributed by atoms with van der Waals surface area (Å²) in [5.41, 5.74) is 2.65. The van der Waals surface area contributed by atoms with E-state index in [9.17, 15) is 14.7 Å². The fraction of sp³-hybridized carbons (Fsp3) is 0.417. The lowest BCUT2D eigenvalue weighted by Crippen LogP contribution is -2.40. The Morgan fingerprint density at radius 2 is 1.79 bits per heavy atom. The number of benzene rings is 1. The standard InChI is InChI=1S/C24H30O5/c1-14(2)29-23(27)21-15(3)17(5)24(6,22(28-7)16(21)4)13-12-20(26)18-10-8-9-11-19(18)25/h8-14,22,25H,1-7H3. The molecule has 0 radical (unpaired) electrons. The van der Waals surface area contributed by atoms with Gasteiger partial charge in [0.15, 0.2) is 5.78 Å². The lowest BCUT2D eigenvalue weighted by Gasteiger charge is -2.41. The number of hydrogen-bond donors (Lipinski definition) is 1. The van der Waals surface area contributed by atoms with Gasteiger partial charge in [0.25, 0.3) is 0 Å². The van der Waals surface area contributed by atoms with Gasteiger partial charge in [0.1, 0.15) is 5.75 Å². The molecule has 1 aromatic carbocycles. The van der Waals surface area contributed by atoms with Crippen LogP contribution in [0.4, 0.5) is 0 Å². The molecule has 0 saturated heterocycles. The second-order valence-electron chi connectivity index (χ2n) is 7.88. The van der Waals surface area contributed by atoms with Gasteiger partial charge >= 0.3 is 5.97 Å². The Balaban J connectivity index is 2.47. The SMILES string of the molecule is COC1C(C)=C(C(=O)OC(C)C)C(C)=C(C)C1(C)C=CC(=O)c1ccccc1O. The fourth-order valence-electron chi connectivity index (χ4n) is 3.91. The van der Waals surface area contributed by atoms with Crippen LogP contribution < -0.4 is 0 Å². The van der Waals surface area contributed by atoms with E-state index < -0.39 is 11.5 Å². The summed E-state index contributed by atoms with van der Waals surface area (Å²) >= 11 is 0. The average molecular weight is 398 g/mol. The molecule has 1 N–H and O–H groups in total. The molecule has 156 valence electrons. The van der Waals surface area contributed by atoms with Crippen LogP contribution in [0.2, 0.25) is 0 Å². The Hall–Kier alpha value is -2.66. The molecule has 0 fully saturated rings. The minimum atomic E-state index is -0.634. The van der Waals surface area contributed by atoms with E-state index >= 15 is 0 Å². The minimum Gasteiger partial charge on any atom is -0.507 e. The van der Waals surface area contributed by atoms with Crippen LogP contribution in [0.5, 0.6) is 5.75 Å². The van der Waals surface area contributed by atoms with Crippen LogP contribution in [0.1, 0.15) is 51.9 Å². The second-order valence-corrected chi connectivity index (χ2v) is 7.88. The Kier molecular flexibility index (Phi) is 6.85. The maximum absolute atomic E-state index is 12.7. The molecule has 0 amide bonds. The Morgan fingerprint density at radius 1 is 1.17 bits per heavy atom. The van der Waals surface area contributed by atoms with Crippen LogP contribution in [0, 0.1) is 5.41 Å². The first-order chi connectivity index (χ1) is 13.5. The zero-order valence-electron chi connectivity index (χ0n) is 18.2. The van der Waals surface area contributed by atoms with Crippen molar-refractivity contribution in [2.75, 3.05) is 7.11 Å². The number of hydrogen-bond acceptors (Lipinski definition) is 5. The quantitative estimate of drug-likeness (QED) is 0.424. The molecular formula is C24H30O5. The molecule has 0 aliphatic heterocycles. The predicted molar refractivity (Wildman–Crippen MR) is 113 cm³/mol. The van der Waals surface area contributed by atoms with Gasteiger partial charge in [-0.2, -0.15) is 0 Å². The van der Waals surface area contributed by atoms with Gasteiger partial charge in [-0.25, -0.2) is 4.79 Å². The van der Waals surface area contributed by atoms with Gasteiger partial charge in [-0.1, -0.05) is 23.8 Å². The van der Waals surface area contributed by atoms with Gasteiger partial charge in [0.05, 0.1) is 23.3 Å². The molecule has 5 heteroatoms. The summed E-state index contributed by atoms with van der Waals surface area (Å²) in [6.07, 6.45) is 2.60. The highest BCUT2D eigenvalue weighted by molar-refractivity contribution is 6.06. The minimum absolute atomic E-state index is 0.0579. The summed E-state index contributed by atoms with van der Waals surface area (Å²) in [6, 6.07) is 6.44. The van der Waals surface area contributed by atoms with Crippen LogP contribution in [-0.4, -0.2) is 36.2 Å². The topological polar surface area (TPSA) is 72.8 Å². The summed E-state index contributed by atoms with van der Waals surface area (Å²) in [5, 5.41) is 9.94. The van der Waals surface area contributed by atoms with E-state index in [0.29, 0.717) is 5.57 Å². The molecule has 0 aromatic heterocycles. The third-order valence-electron chi connectivity index (χ3n) is 5.61. The van der Waals surface area contributed by atoms with Gasteiger partial charge in [0, 0.05) is 12.5 Å². The Morgan fingerprint density at radius 3 is 2.34 bits per heavy atom. The van der Waals surface area contributed by atoms with Gasteiger partial charge in [-0.3, -0.25) is 4.79 Å². The number of carbonyl (C=O) groups is 2. The zero-order valence-corrected chi connectivity index (χ0v) is 18.2. The number of phenolic OH excluding ortho intramolecular Hbond substituents is 1. The molecule has 29 heavy (non-hydrogen) atoms. The summed E-state index contributed by atoms with van der Waals surface area (Å²) in [7, 11) is 1.59. The second kappa shape index (κ2) is 8.78. The third-order valence-corrected chi connectivity index (χ3v) is 5.61. The molecule has 1 aromatic rings. The number of para-hydroxylation sites is 1. The number of esters is 1. The van der Waals surface area contributed by atoms with Crippen molar-refractivity contribution in [2.45, 2.75) is 53.8 Å². The summed E-state index contributed by atoms with van der Waals surface area (Å²) < 4.78 is 11.2. The maximum atomic E-state index is 12.7. The third kappa shape index (κ3) is 4.35. The van der Waals surface area contributed by atoms with Crippen molar-refractivity contribution in [2.24, 2.45) is 5.41 Å². The lowest BCUT2D eigenvalue weighted by molar-refractivity contribution is -0.142. The predicted octanol–water partition coefficient (Wildman–Crippen LogP) is 4.77. The van der Waals surface area contributed by atoms with E-state index in [0.717, 1.165) is 16.7 Å². The monoisotopic (exact) mass is 398 g/mol. The van der Waals surface area contributed by atoms with E-state index in [4.69, 9.17) is 9.47 Å². The molecule has 0 bridgehead atoms. The number of rotatable bonds is 6. The van der Waals surface area contributed by atoms with Crippen LogP contribution >= 0.6 is 0 Å². The highest BCUT2D eigenvalue weighted by atomic mass is 16.5. The molecule has 2 atom stereocenters. The first-order valence-corrected chi connectivity index (χ1v) is 9.69. The molecule has 0 spiro atoms. The molecule has 5 nitrogen and oxygen atoms in total. The van der Waals surface area contributed by atoms with Crippen molar-refractivity contribution in [3.63, 3.8) is 0 Å². The normalized spacial score (nSPS) is 22.6. The van der Waals surface area contributed by atoms with Gasteiger partial charge in [-0.15, -0.1) is 0 Å². The Labute approximate surface area is 172 Å². The van der Waals surface area contributed by atoms with Crippen molar-refractivity contribution in [1.29, 1.82) is 0 Å². The fourth-order valence-corrected chi connectivity index (χ4v) is 3.91. The number of aromatic hydroxyl groups is 1. The molecule has 2 rings (SSSR count). The number of carbonyl (C=O) groups excluding carboxylic acids is 2. The van der Waals surface area contributed by atoms with Crippen molar-refractivity contribution in [3.05, 3.63) is 64.3 Å². The van der Waals surface area contributed by atoms with Gasteiger partial charge in [0.2, 0.25) is 0 Å². The van der Waals surface area contributed by atoms with Crippen molar-refractivity contribution >= 4 is 11.8 Å². The molecule has 1 aliphatic carbocycles. The summed E-state index contributed by atoms with van der Waals surface area (Å²) in [4.78, 5) is 25.3. The summed E-state index contributed by atoms with van der Waals surface area (Å²) in [6.45, 7) is 11.3. The smallest absolute Gasteiger partial charge is 0.338 e. The summed E-state index contributed by atoms with van der Waals surface area (Å²) in [5.74, 6) is -0.721. The lowest BCUT2D eigenvalue weighted by atomic mass is 9.67. The zero-order chi connectivity index (χ0) is 21.9. The highest BCUT2D eigenvalue weighted by Gasteiger charge is 2.42. The van der Waals surface area contributed by atoms with Crippen LogP contribution in [0.25, 0.3) is 0 Å². The number of allylic oxidation sites excluding steroid dienone is 1. The van der Waals surface area contributed by atoms with E-state index in [1.807, 2.05) is 41.5 Å². The van der Waals surface area contributed by atoms with Gasteiger partial charge in [-0.05, 0) is 70.9 Å². The highest BCUT2D eigenvalue weighted by Crippen LogP contribution is 2.46. The van der Waals surface area contributed by atoms with E-state index in [-0.39, 0.29) is 29.2 Å². The number of phenols is 1. The number of ketones is 1. The van der Waals surface area contributed by atoms with E-state index in [2.05, 4.69) is 0 Å². The van der Waals surface area contributed by atoms with Crippen molar-refractivity contribution in [3.8, 4) is 5.75 Å². The Bertz CT molecular complexity index is 904. The van der Waals surface area contributed by atoms with Crippen molar-refractivity contribution < 1.29 is 24.2 Å². The maximum Gasteiger partial charge on any atom is 0.338 e. The first kappa shape index (κ1) is 22.6. The van der Waals surface area contributed by atoms with E-state index in [1.54, 1.807) is 31.4 Å². The van der Waals surface area contributed by atoms with Crippen molar-refractivity contribution in [1.82, 2.24) is 0 Å². The van der Waals surface area contributed by atoms with Crippen LogP contribution in [-0.2, 0) is 14.3 Å². The molecule has 1 aliphatic rings. The number of methoxy groups -OCH3 is 1. The molecular weight excluding hydrogens is 368 g/mol. The van der Waals surface area contributed by atoms with Crippen LogP contribution in [0.15, 0.2) is 58.7 Å². The molecule has 0 saturated carbocycles. The van der Waals surface area contributed by atoms with Gasteiger partial charge < -0.3 is 14.6 Å². The average Bonchev–Trinajstić information content (AvgIpc) is 2.65. The molecule has 2 unspecified atom stereocenters. The number of ether oxygens (including phenoxy) is 2. The largest absolute Gasteiger partial charge is 0.507 e. The molecule has 0 heterocycles.